The highest BCUT2D eigenvalue weighted by atomic mass is 19.1. The van der Waals surface area contributed by atoms with E-state index in [-0.39, 0.29) is 5.82 Å². The molecule has 88 valence electrons. The van der Waals surface area contributed by atoms with Crippen LogP contribution in [0.2, 0.25) is 0 Å². The minimum atomic E-state index is -0.166. The van der Waals surface area contributed by atoms with Crippen LogP contribution in [-0.2, 0) is 0 Å². The van der Waals surface area contributed by atoms with Crippen LogP contribution in [0, 0.1) is 5.82 Å². The van der Waals surface area contributed by atoms with Crippen molar-refractivity contribution in [3.8, 4) is 0 Å². The number of rotatable bonds is 4. The first kappa shape index (κ1) is 11.6. The van der Waals surface area contributed by atoms with Crippen molar-refractivity contribution in [2.45, 2.75) is 31.8 Å². The average Bonchev–Trinajstić information content (AvgIpc) is 2.80. The van der Waals surface area contributed by atoms with E-state index in [2.05, 4.69) is 17.6 Å². The van der Waals surface area contributed by atoms with E-state index in [1.807, 2.05) is 12.1 Å². The third kappa shape index (κ3) is 2.80. The summed E-state index contributed by atoms with van der Waals surface area (Å²) in [7, 11) is 0. The van der Waals surface area contributed by atoms with E-state index in [4.69, 9.17) is 0 Å². The van der Waals surface area contributed by atoms with Crippen molar-refractivity contribution in [1.82, 2.24) is 10.6 Å². The van der Waals surface area contributed by atoms with Gasteiger partial charge in [0.25, 0.3) is 0 Å². The fourth-order valence-electron chi connectivity index (χ4n) is 2.23. The van der Waals surface area contributed by atoms with Gasteiger partial charge in [0.05, 0.1) is 0 Å². The normalized spacial score (nSPS) is 22.2. The zero-order valence-corrected chi connectivity index (χ0v) is 9.67. The summed E-state index contributed by atoms with van der Waals surface area (Å²) >= 11 is 0. The summed E-state index contributed by atoms with van der Waals surface area (Å²) in [5.41, 5.74) is 1.18. The fourth-order valence-corrected chi connectivity index (χ4v) is 2.23. The van der Waals surface area contributed by atoms with Gasteiger partial charge in [0.2, 0.25) is 0 Å². The van der Waals surface area contributed by atoms with Gasteiger partial charge in [-0.15, -0.1) is 0 Å². The summed E-state index contributed by atoms with van der Waals surface area (Å²) in [5.74, 6) is -0.166. The Morgan fingerprint density at radius 3 is 2.75 bits per heavy atom. The number of halogens is 1. The summed E-state index contributed by atoms with van der Waals surface area (Å²) in [4.78, 5) is 0. The molecule has 0 radical (unpaired) electrons. The molecule has 1 saturated heterocycles. The molecule has 2 unspecified atom stereocenters. The fraction of sp³-hybridized carbons (Fsp3) is 0.538. The van der Waals surface area contributed by atoms with Crippen LogP contribution in [0.5, 0.6) is 0 Å². The lowest BCUT2D eigenvalue weighted by atomic mass is 10.0. The molecule has 0 amide bonds. The Kier molecular flexibility index (Phi) is 3.91. The SMILES string of the molecule is CCC(NC1CCNC1)c1ccc(F)cc1. The van der Waals surface area contributed by atoms with E-state index >= 15 is 0 Å². The van der Waals surface area contributed by atoms with Gasteiger partial charge >= 0.3 is 0 Å². The lowest BCUT2D eigenvalue weighted by molar-refractivity contribution is 0.444. The van der Waals surface area contributed by atoms with Gasteiger partial charge in [-0.05, 0) is 37.1 Å². The van der Waals surface area contributed by atoms with Gasteiger partial charge in [-0.2, -0.15) is 0 Å². The summed E-state index contributed by atoms with van der Waals surface area (Å²) < 4.78 is 12.8. The maximum Gasteiger partial charge on any atom is 0.123 e. The van der Waals surface area contributed by atoms with Crippen LogP contribution in [-0.4, -0.2) is 19.1 Å². The van der Waals surface area contributed by atoms with Gasteiger partial charge in [-0.25, -0.2) is 4.39 Å². The Morgan fingerprint density at radius 2 is 2.19 bits per heavy atom. The molecular formula is C13H19FN2. The zero-order chi connectivity index (χ0) is 11.4. The molecule has 0 spiro atoms. The van der Waals surface area contributed by atoms with Crippen LogP contribution < -0.4 is 10.6 Å². The lowest BCUT2D eigenvalue weighted by Gasteiger charge is -2.21. The minimum Gasteiger partial charge on any atom is -0.315 e. The van der Waals surface area contributed by atoms with E-state index in [0.29, 0.717) is 12.1 Å². The van der Waals surface area contributed by atoms with Crippen molar-refractivity contribution in [2.75, 3.05) is 13.1 Å². The van der Waals surface area contributed by atoms with Crippen LogP contribution in [0.3, 0.4) is 0 Å². The highest BCUT2D eigenvalue weighted by Gasteiger charge is 2.18. The third-order valence-electron chi connectivity index (χ3n) is 3.18. The molecule has 1 aromatic carbocycles. The van der Waals surface area contributed by atoms with Gasteiger partial charge in [0.1, 0.15) is 5.82 Å². The highest BCUT2D eigenvalue weighted by molar-refractivity contribution is 5.20. The van der Waals surface area contributed by atoms with Gasteiger partial charge in [0, 0.05) is 18.6 Å². The average molecular weight is 222 g/mol. The molecule has 1 aliphatic rings. The van der Waals surface area contributed by atoms with Crippen LogP contribution in [0.1, 0.15) is 31.4 Å². The Morgan fingerprint density at radius 1 is 1.44 bits per heavy atom. The Balaban J connectivity index is 2.00. The number of hydrogen-bond acceptors (Lipinski definition) is 2. The molecule has 0 bridgehead atoms. The molecule has 2 rings (SSSR count). The van der Waals surface area contributed by atoms with Crippen LogP contribution in [0.4, 0.5) is 4.39 Å². The molecule has 1 fully saturated rings. The largest absolute Gasteiger partial charge is 0.315 e. The molecule has 0 aromatic heterocycles. The standard InChI is InChI=1S/C13H19FN2/c1-2-13(16-12-7-8-15-9-12)10-3-5-11(14)6-4-10/h3-6,12-13,15-16H,2,7-9H2,1H3. The first-order chi connectivity index (χ1) is 7.79. The number of benzene rings is 1. The van der Waals surface area contributed by atoms with Gasteiger partial charge < -0.3 is 10.6 Å². The summed E-state index contributed by atoms with van der Waals surface area (Å²) in [6, 6.07) is 7.71. The van der Waals surface area contributed by atoms with Gasteiger partial charge in [-0.1, -0.05) is 19.1 Å². The Bertz CT molecular complexity index is 317. The zero-order valence-electron chi connectivity index (χ0n) is 9.67. The van der Waals surface area contributed by atoms with Gasteiger partial charge in [0.15, 0.2) is 0 Å². The van der Waals surface area contributed by atoms with E-state index in [9.17, 15) is 4.39 Å². The second-order valence-electron chi connectivity index (χ2n) is 4.37. The smallest absolute Gasteiger partial charge is 0.123 e. The number of hydrogen-bond donors (Lipinski definition) is 2. The second kappa shape index (κ2) is 5.41. The number of nitrogens with one attached hydrogen (secondary N) is 2. The van der Waals surface area contributed by atoms with E-state index in [1.165, 1.54) is 24.1 Å². The topological polar surface area (TPSA) is 24.1 Å². The first-order valence-corrected chi connectivity index (χ1v) is 6.02. The first-order valence-electron chi connectivity index (χ1n) is 6.02. The molecule has 1 aliphatic heterocycles. The minimum absolute atomic E-state index is 0.166. The maximum absolute atomic E-state index is 12.8. The molecule has 2 atom stereocenters. The third-order valence-corrected chi connectivity index (χ3v) is 3.18. The second-order valence-corrected chi connectivity index (χ2v) is 4.37. The molecule has 2 nitrogen and oxygen atoms in total. The van der Waals surface area contributed by atoms with Crippen molar-refractivity contribution in [2.24, 2.45) is 0 Å². The van der Waals surface area contributed by atoms with Crippen LogP contribution in [0.25, 0.3) is 0 Å². The summed E-state index contributed by atoms with van der Waals surface area (Å²) in [6.45, 7) is 4.29. The molecular weight excluding hydrogens is 203 g/mol. The predicted molar refractivity (Wildman–Crippen MR) is 63.8 cm³/mol. The molecule has 2 N–H and O–H groups in total. The van der Waals surface area contributed by atoms with Gasteiger partial charge in [-0.3, -0.25) is 0 Å². The quantitative estimate of drug-likeness (QED) is 0.816. The molecule has 3 heteroatoms. The van der Waals surface area contributed by atoms with Crippen molar-refractivity contribution < 1.29 is 4.39 Å². The van der Waals surface area contributed by atoms with Crippen molar-refractivity contribution in [3.05, 3.63) is 35.6 Å². The maximum atomic E-state index is 12.8. The molecule has 0 saturated carbocycles. The highest BCUT2D eigenvalue weighted by Crippen LogP contribution is 2.18. The molecule has 1 aromatic rings. The molecule has 0 aliphatic carbocycles. The van der Waals surface area contributed by atoms with E-state index in [0.717, 1.165) is 19.5 Å². The summed E-state index contributed by atoms with van der Waals surface area (Å²) in [5, 5.41) is 6.96. The van der Waals surface area contributed by atoms with Crippen molar-refractivity contribution in [3.63, 3.8) is 0 Å². The van der Waals surface area contributed by atoms with E-state index < -0.39 is 0 Å². The Hall–Kier alpha value is -0.930. The van der Waals surface area contributed by atoms with Crippen LogP contribution >= 0.6 is 0 Å². The van der Waals surface area contributed by atoms with E-state index in [1.54, 1.807) is 0 Å². The lowest BCUT2D eigenvalue weighted by Crippen LogP contribution is -2.34. The summed E-state index contributed by atoms with van der Waals surface area (Å²) in [6.07, 6.45) is 2.21. The van der Waals surface area contributed by atoms with Crippen molar-refractivity contribution >= 4 is 0 Å². The molecule has 16 heavy (non-hydrogen) atoms. The van der Waals surface area contributed by atoms with Crippen molar-refractivity contribution in [1.29, 1.82) is 0 Å². The molecule has 1 heterocycles. The monoisotopic (exact) mass is 222 g/mol. The predicted octanol–water partition coefficient (Wildman–Crippen LogP) is 2.23. The van der Waals surface area contributed by atoms with Crippen LogP contribution in [0.15, 0.2) is 24.3 Å². The Labute approximate surface area is 96.2 Å².